The number of ether oxygens (including phenoxy) is 4. The third-order valence-electron chi connectivity index (χ3n) is 11.8. The second-order valence-electron chi connectivity index (χ2n) is 17.2. The van der Waals surface area contributed by atoms with E-state index in [9.17, 15) is 0 Å². The number of aliphatic hydroxyl groups is 1. The van der Waals surface area contributed by atoms with Crippen LogP contribution in [-0.2, 0) is 15.9 Å². The van der Waals surface area contributed by atoms with Crippen molar-refractivity contribution in [2.45, 2.75) is 259 Å². The van der Waals surface area contributed by atoms with Crippen LogP contribution in [0.15, 0.2) is 18.2 Å². The van der Waals surface area contributed by atoms with Crippen LogP contribution in [0.2, 0.25) is 0 Å². The minimum atomic E-state index is -0.508. The summed E-state index contributed by atoms with van der Waals surface area (Å²) in [5, 5.41) is 8.59. The summed E-state index contributed by atoms with van der Waals surface area (Å²) in [6.07, 6.45) is 20.9. The van der Waals surface area contributed by atoms with E-state index in [0.29, 0.717) is 6.61 Å². The van der Waals surface area contributed by atoms with Crippen molar-refractivity contribution in [3.63, 3.8) is 0 Å². The lowest BCUT2D eigenvalue weighted by molar-refractivity contribution is -0.142. The summed E-state index contributed by atoms with van der Waals surface area (Å²) in [5.41, 5.74) is 1.33. The van der Waals surface area contributed by atoms with Gasteiger partial charge in [-0.15, -0.1) is 0 Å². The highest BCUT2D eigenvalue weighted by atomic mass is 16.7. The van der Waals surface area contributed by atoms with E-state index in [-0.39, 0.29) is 12.7 Å². The third-order valence-corrected chi connectivity index (χ3v) is 11.8. The molecule has 1 unspecified atom stereocenters. The van der Waals surface area contributed by atoms with Crippen molar-refractivity contribution < 1.29 is 24.1 Å². The Morgan fingerprint density at radius 1 is 0.544 bits per heavy atom. The lowest BCUT2D eigenvalue weighted by atomic mass is 10.0. The number of rotatable bonds is 17. The van der Waals surface area contributed by atoms with E-state index >= 15 is 0 Å². The van der Waals surface area contributed by atoms with Crippen LogP contribution in [-0.4, -0.2) is 36.0 Å². The molecule has 0 saturated carbocycles. The molecule has 0 amide bonds. The number of hydrogen-bond donors (Lipinski definition) is 1. The van der Waals surface area contributed by atoms with Crippen molar-refractivity contribution in [1.82, 2.24) is 0 Å². The van der Waals surface area contributed by atoms with Gasteiger partial charge in [-0.2, -0.15) is 0 Å². The zero-order chi connectivity index (χ0) is 44.9. The van der Waals surface area contributed by atoms with Gasteiger partial charge in [-0.3, -0.25) is 0 Å². The molecule has 0 aromatic heterocycles. The Morgan fingerprint density at radius 3 is 1.14 bits per heavy atom. The van der Waals surface area contributed by atoms with E-state index in [1.54, 1.807) is 0 Å². The van der Waals surface area contributed by atoms with E-state index in [1.807, 2.05) is 33.8 Å². The van der Waals surface area contributed by atoms with Crippen molar-refractivity contribution in [2.24, 2.45) is 29.6 Å². The van der Waals surface area contributed by atoms with E-state index in [2.05, 4.69) is 123 Å². The van der Waals surface area contributed by atoms with E-state index in [4.69, 9.17) is 24.1 Å². The van der Waals surface area contributed by atoms with Gasteiger partial charge in [-0.25, -0.2) is 0 Å². The molecule has 1 aromatic rings. The van der Waals surface area contributed by atoms with Crippen LogP contribution in [0.25, 0.3) is 0 Å². The molecule has 3 rings (SSSR count). The molecule has 1 fully saturated rings. The van der Waals surface area contributed by atoms with Crippen LogP contribution in [0.1, 0.15) is 240 Å². The first-order chi connectivity index (χ1) is 26.9. The predicted molar refractivity (Wildman–Crippen MR) is 255 cm³/mol. The number of aliphatic hydroxyl groups excluding tert-OH is 1. The third kappa shape index (κ3) is 36.3. The monoisotopic (exact) mass is 811 g/mol. The number of fused-ring (bicyclic) bond motifs is 1. The zero-order valence-electron chi connectivity index (χ0n) is 42.5. The number of hydrogen-bond acceptors (Lipinski definition) is 5. The average molecular weight is 811 g/mol. The minimum absolute atomic E-state index is 0.0451. The van der Waals surface area contributed by atoms with E-state index < -0.39 is 11.6 Å². The van der Waals surface area contributed by atoms with Gasteiger partial charge in [-0.05, 0) is 74.0 Å². The highest BCUT2D eigenvalue weighted by Crippen LogP contribution is 2.39. The summed E-state index contributed by atoms with van der Waals surface area (Å²) in [4.78, 5) is 0. The summed E-state index contributed by atoms with van der Waals surface area (Å²) in [5.74, 6) is 5.57. The van der Waals surface area contributed by atoms with Crippen LogP contribution < -0.4 is 9.47 Å². The lowest BCUT2D eigenvalue weighted by Crippen LogP contribution is -2.29. The second kappa shape index (κ2) is 40.1. The van der Waals surface area contributed by atoms with Crippen LogP contribution >= 0.6 is 0 Å². The van der Waals surface area contributed by atoms with Gasteiger partial charge in [0.25, 0.3) is 0 Å². The molecule has 2 heterocycles. The molecule has 1 N–H and O–H groups in total. The Bertz CT molecular complexity index is 885. The summed E-state index contributed by atoms with van der Waals surface area (Å²) < 4.78 is 21.7. The average Bonchev–Trinajstić information content (AvgIpc) is 3.75. The van der Waals surface area contributed by atoms with Crippen molar-refractivity contribution in [3.8, 4) is 11.5 Å². The number of unbranched alkanes of at least 4 members (excludes halogenated alkanes) is 1. The van der Waals surface area contributed by atoms with Crippen LogP contribution in [0.3, 0.4) is 0 Å². The van der Waals surface area contributed by atoms with E-state index in [0.717, 1.165) is 47.5 Å². The van der Waals surface area contributed by atoms with Crippen molar-refractivity contribution in [1.29, 1.82) is 0 Å². The Morgan fingerprint density at radius 2 is 0.912 bits per heavy atom. The largest absolute Gasteiger partial charge is 0.449 e. The van der Waals surface area contributed by atoms with Gasteiger partial charge in [0.05, 0.1) is 13.2 Å². The molecule has 57 heavy (non-hydrogen) atoms. The second-order valence-corrected chi connectivity index (χ2v) is 17.2. The highest BCUT2D eigenvalue weighted by Gasteiger charge is 2.32. The highest BCUT2D eigenvalue weighted by molar-refractivity contribution is 5.45. The van der Waals surface area contributed by atoms with Crippen LogP contribution in [0.4, 0.5) is 0 Å². The van der Waals surface area contributed by atoms with Crippen molar-refractivity contribution >= 4 is 0 Å². The summed E-state index contributed by atoms with van der Waals surface area (Å²) >= 11 is 0. The number of benzene rings is 1. The first-order valence-corrected chi connectivity index (χ1v) is 24.3. The quantitative estimate of drug-likeness (QED) is 0.170. The van der Waals surface area contributed by atoms with Gasteiger partial charge in [0.1, 0.15) is 6.10 Å². The fraction of sp³-hybridized carbons (Fsp3) is 0.885. The maximum Gasteiger partial charge on any atom is 0.246 e. The molecule has 1 atom stereocenters. The van der Waals surface area contributed by atoms with Gasteiger partial charge in [0.2, 0.25) is 5.79 Å². The Kier molecular flexibility index (Phi) is 43.9. The SMILES string of the molecule is CC1(C)OCC(CO)O1.CCC(C)CC.CCC(C)CC.CCC(CC)CC.CCC(CC)CC.CCC(CC)CC.CCCCc1ccc2c(c1)OC(C)(C)O2. The summed E-state index contributed by atoms with van der Waals surface area (Å²) in [7, 11) is 0. The number of aryl methyl sites for hydroxylation is 1. The first-order valence-electron chi connectivity index (χ1n) is 24.3. The molecular weight excluding hydrogens is 705 g/mol. The summed E-state index contributed by atoms with van der Waals surface area (Å²) in [6, 6.07) is 6.23. The molecule has 2 aliphatic rings. The van der Waals surface area contributed by atoms with Crippen molar-refractivity contribution in [2.75, 3.05) is 13.2 Å². The van der Waals surface area contributed by atoms with E-state index in [1.165, 1.54) is 102 Å². The predicted octanol–water partition coefficient (Wildman–Crippen LogP) is 17.0. The molecule has 1 aromatic carbocycles. The van der Waals surface area contributed by atoms with Gasteiger partial charge in [-0.1, -0.05) is 207 Å². The van der Waals surface area contributed by atoms with Gasteiger partial charge in [0.15, 0.2) is 17.3 Å². The molecular formula is C52H106O5. The molecule has 1 saturated heterocycles. The van der Waals surface area contributed by atoms with Gasteiger partial charge in [0, 0.05) is 13.8 Å². The minimum Gasteiger partial charge on any atom is -0.449 e. The topological polar surface area (TPSA) is 57.2 Å². The van der Waals surface area contributed by atoms with Crippen molar-refractivity contribution in [3.05, 3.63) is 23.8 Å². The molecule has 0 radical (unpaired) electrons. The molecule has 5 nitrogen and oxygen atoms in total. The zero-order valence-corrected chi connectivity index (χ0v) is 42.5. The normalized spacial score (nSPS) is 15.5. The summed E-state index contributed by atoms with van der Waals surface area (Å²) in [6.45, 7) is 44.1. The first kappa shape index (κ1) is 62.4. The molecule has 0 aliphatic carbocycles. The van der Waals surface area contributed by atoms with Gasteiger partial charge >= 0.3 is 0 Å². The molecule has 2 aliphatic heterocycles. The fourth-order valence-electron chi connectivity index (χ4n) is 5.83. The smallest absolute Gasteiger partial charge is 0.246 e. The standard InChI is InChI=1S/C13H18O2.3C7H16.C6H12O3.2C6H14/c1-4-5-6-10-7-8-11-12(9-10)15-13(2,3)14-11;3*1-4-7(5-2)6-3;1-6(2)8-4-5(3-7)9-6;2*1-4-6(3)5-2/h7-9H,4-6H2,1-3H3;3*7H,4-6H2,1-3H3;5,7H,3-4H2,1-2H3;2*6H,4-5H2,1-3H3. The molecule has 5 heteroatoms. The molecule has 0 bridgehead atoms. The van der Waals surface area contributed by atoms with Crippen LogP contribution in [0.5, 0.6) is 11.5 Å². The Balaban J connectivity index is -0.000000298. The molecule has 0 spiro atoms. The van der Waals surface area contributed by atoms with Gasteiger partial charge < -0.3 is 24.1 Å². The Labute approximate surface area is 359 Å². The fourth-order valence-corrected chi connectivity index (χ4v) is 5.83. The lowest BCUT2D eigenvalue weighted by Gasteiger charge is -2.16. The molecule has 344 valence electrons. The Hall–Kier alpha value is -1.30. The van der Waals surface area contributed by atoms with Crippen LogP contribution in [0, 0.1) is 29.6 Å². The maximum atomic E-state index is 8.59. The maximum absolute atomic E-state index is 8.59.